The molecule has 0 aliphatic heterocycles. The fraction of sp³-hybridized carbons (Fsp3) is 0.417. The summed E-state index contributed by atoms with van der Waals surface area (Å²) in [7, 11) is 0. The van der Waals surface area contributed by atoms with Gasteiger partial charge in [-0.25, -0.2) is 9.37 Å². The lowest BCUT2D eigenvalue weighted by Gasteiger charge is -2.22. The van der Waals surface area contributed by atoms with Gasteiger partial charge in [0.15, 0.2) is 0 Å². The number of hydrogen-bond acceptors (Lipinski definition) is 2. The molecule has 0 radical (unpaired) electrons. The van der Waals surface area contributed by atoms with E-state index >= 15 is 0 Å². The van der Waals surface area contributed by atoms with Crippen molar-refractivity contribution in [3.05, 3.63) is 65.0 Å². The fourth-order valence-electron chi connectivity index (χ4n) is 4.40. The summed E-state index contributed by atoms with van der Waals surface area (Å²) < 4.78 is 53.4. The second-order valence-electron chi connectivity index (χ2n) is 8.27. The number of halogens is 4. The van der Waals surface area contributed by atoms with Crippen LogP contribution in [0.3, 0.4) is 0 Å². The van der Waals surface area contributed by atoms with Crippen LogP contribution in [0.25, 0.3) is 11.0 Å². The van der Waals surface area contributed by atoms with Crippen molar-refractivity contribution in [1.82, 2.24) is 14.9 Å². The number of nitrogens with one attached hydrogen (secondary N) is 1. The van der Waals surface area contributed by atoms with Gasteiger partial charge in [0.25, 0.3) is 5.91 Å². The minimum Gasteiger partial charge on any atom is -0.349 e. The predicted molar refractivity (Wildman–Crippen MR) is 114 cm³/mol. The maximum absolute atomic E-state index is 13.1. The highest BCUT2D eigenvalue weighted by Crippen LogP contribution is 2.31. The van der Waals surface area contributed by atoms with E-state index in [1.165, 1.54) is 18.6 Å². The largest absolute Gasteiger partial charge is 0.416 e. The molecule has 4 nitrogen and oxygen atoms in total. The molecular weight excluding hydrogens is 422 g/mol. The van der Waals surface area contributed by atoms with Crippen LogP contribution >= 0.6 is 0 Å². The van der Waals surface area contributed by atoms with Gasteiger partial charge >= 0.3 is 6.18 Å². The second-order valence-corrected chi connectivity index (χ2v) is 8.27. The van der Waals surface area contributed by atoms with Crippen molar-refractivity contribution in [3.8, 4) is 0 Å². The SMILES string of the molecule is O=C(NC1CCCCC1)c1cn(CCF)c2nccc(Cc3ccc(C(F)(F)F)cc3)c12. The van der Waals surface area contributed by atoms with E-state index in [2.05, 4.69) is 10.3 Å². The van der Waals surface area contributed by atoms with Crippen LogP contribution in [0.15, 0.2) is 42.7 Å². The highest BCUT2D eigenvalue weighted by molar-refractivity contribution is 6.07. The number of aromatic nitrogens is 2. The maximum atomic E-state index is 13.1. The molecule has 170 valence electrons. The molecule has 1 amide bonds. The van der Waals surface area contributed by atoms with Crippen molar-refractivity contribution in [2.45, 2.75) is 57.3 Å². The van der Waals surface area contributed by atoms with E-state index in [9.17, 15) is 22.4 Å². The molecule has 0 atom stereocenters. The highest BCUT2D eigenvalue weighted by Gasteiger charge is 2.30. The molecule has 1 aliphatic rings. The Labute approximate surface area is 183 Å². The normalized spacial score (nSPS) is 15.2. The maximum Gasteiger partial charge on any atom is 0.416 e. The van der Waals surface area contributed by atoms with Crippen LogP contribution in [0, 0.1) is 0 Å². The van der Waals surface area contributed by atoms with E-state index in [1.54, 1.807) is 23.0 Å². The van der Waals surface area contributed by atoms with Gasteiger partial charge in [0, 0.05) is 23.8 Å². The molecule has 4 rings (SSSR count). The Morgan fingerprint density at radius 1 is 1.09 bits per heavy atom. The van der Waals surface area contributed by atoms with Crippen LogP contribution < -0.4 is 5.32 Å². The van der Waals surface area contributed by atoms with Crippen molar-refractivity contribution in [3.63, 3.8) is 0 Å². The van der Waals surface area contributed by atoms with Crippen LogP contribution in [0.1, 0.15) is 59.2 Å². The summed E-state index contributed by atoms with van der Waals surface area (Å²) in [6, 6.07) is 6.87. The Morgan fingerprint density at radius 3 is 2.47 bits per heavy atom. The Morgan fingerprint density at radius 2 is 1.81 bits per heavy atom. The zero-order chi connectivity index (χ0) is 22.7. The van der Waals surface area contributed by atoms with E-state index in [-0.39, 0.29) is 18.5 Å². The van der Waals surface area contributed by atoms with Gasteiger partial charge < -0.3 is 9.88 Å². The molecule has 1 aromatic carbocycles. The zero-order valence-corrected chi connectivity index (χ0v) is 17.6. The first-order chi connectivity index (χ1) is 15.4. The first-order valence-corrected chi connectivity index (χ1v) is 10.9. The van der Waals surface area contributed by atoms with Crippen LogP contribution in [-0.4, -0.2) is 28.2 Å². The molecule has 2 heterocycles. The number of nitrogens with zero attached hydrogens (tertiary/aromatic N) is 2. The van der Waals surface area contributed by atoms with Crippen molar-refractivity contribution in [1.29, 1.82) is 0 Å². The van der Waals surface area contributed by atoms with Gasteiger partial charge in [-0.3, -0.25) is 4.79 Å². The minimum absolute atomic E-state index is 0.0734. The van der Waals surface area contributed by atoms with Crippen LogP contribution in [-0.2, 0) is 19.1 Å². The Hall–Kier alpha value is -2.90. The molecular formula is C24H25F4N3O. The summed E-state index contributed by atoms with van der Waals surface area (Å²) in [5, 5.41) is 3.72. The van der Waals surface area contributed by atoms with E-state index in [4.69, 9.17) is 0 Å². The van der Waals surface area contributed by atoms with Gasteiger partial charge in [0.05, 0.1) is 17.7 Å². The number of rotatable bonds is 6. The number of alkyl halides is 4. The molecule has 1 aliphatic carbocycles. The lowest BCUT2D eigenvalue weighted by Crippen LogP contribution is -2.36. The van der Waals surface area contributed by atoms with Gasteiger partial charge in [0.1, 0.15) is 12.3 Å². The van der Waals surface area contributed by atoms with Gasteiger partial charge in [-0.05, 0) is 48.6 Å². The van der Waals surface area contributed by atoms with Crippen LogP contribution in [0.5, 0.6) is 0 Å². The van der Waals surface area contributed by atoms with Gasteiger partial charge in [-0.2, -0.15) is 13.2 Å². The van der Waals surface area contributed by atoms with E-state index in [1.807, 2.05) is 0 Å². The number of benzene rings is 1. The monoisotopic (exact) mass is 447 g/mol. The average Bonchev–Trinajstić information content (AvgIpc) is 3.14. The Balaban J connectivity index is 1.68. The predicted octanol–water partition coefficient (Wildman–Crippen LogP) is 5.68. The summed E-state index contributed by atoms with van der Waals surface area (Å²) in [6.45, 7) is -0.526. The number of aryl methyl sites for hydroxylation is 1. The molecule has 3 aromatic rings. The van der Waals surface area contributed by atoms with E-state index < -0.39 is 18.4 Å². The molecule has 0 saturated heterocycles. The molecule has 2 aromatic heterocycles. The number of hydrogen-bond donors (Lipinski definition) is 1. The Bertz CT molecular complexity index is 1080. The summed E-state index contributed by atoms with van der Waals surface area (Å²) in [4.78, 5) is 17.5. The quantitative estimate of drug-likeness (QED) is 0.495. The molecule has 0 spiro atoms. The van der Waals surface area contributed by atoms with Crippen molar-refractivity contribution in [2.75, 3.05) is 6.67 Å². The molecule has 32 heavy (non-hydrogen) atoms. The van der Waals surface area contributed by atoms with E-state index in [0.717, 1.165) is 43.4 Å². The number of carbonyl (C=O) groups is 1. The molecule has 8 heteroatoms. The molecule has 0 bridgehead atoms. The summed E-state index contributed by atoms with van der Waals surface area (Å²) in [5.74, 6) is -0.221. The third-order valence-corrected chi connectivity index (χ3v) is 6.03. The molecule has 1 saturated carbocycles. The minimum atomic E-state index is -4.39. The smallest absolute Gasteiger partial charge is 0.349 e. The summed E-state index contributed by atoms with van der Waals surface area (Å²) >= 11 is 0. The summed E-state index contributed by atoms with van der Waals surface area (Å²) in [5.41, 5.74) is 1.67. The van der Waals surface area contributed by atoms with Gasteiger partial charge in [0.2, 0.25) is 0 Å². The number of amides is 1. The second kappa shape index (κ2) is 9.30. The lowest BCUT2D eigenvalue weighted by atomic mass is 9.95. The van der Waals surface area contributed by atoms with Crippen molar-refractivity contribution >= 4 is 16.9 Å². The third kappa shape index (κ3) is 4.79. The Kier molecular flexibility index (Phi) is 6.48. The van der Waals surface area contributed by atoms with Crippen LogP contribution in [0.4, 0.5) is 17.6 Å². The number of carbonyl (C=O) groups excluding carboxylic acids is 1. The lowest BCUT2D eigenvalue weighted by molar-refractivity contribution is -0.137. The van der Waals surface area contributed by atoms with Crippen molar-refractivity contribution < 1.29 is 22.4 Å². The van der Waals surface area contributed by atoms with E-state index in [0.29, 0.717) is 28.6 Å². The van der Waals surface area contributed by atoms with Gasteiger partial charge in [-0.1, -0.05) is 31.4 Å². The number of fused-ring (bicyclic) bond motifs is 1. The van der Waals surface area contributed by atoms with Crippen molar-refractivity contribution in [2.24, 2.45) is 0 Å². The first kappa shape index (κ1) is 22.3. The molecule has 1 N–H and O–H groups in total. The van der Waals surface area contributed by atoms with Crippen LogP contribution in [0.2, 0.25) is 0 Å². The number of pyridine rings is 1. The first-order valence-electron chi connectivity index (χ1n) is 10.9. The fourth-order valence-corrected chi connectivity index (χ4v) is 4.40. The average molecular weight is 447 g/mol. The summed E-state index contributed by atoms with van der Waals surface area (Å²) in [6.07, 6.45) is 4.35. The van der Waals surface area contributed by atoms with Gasteiger partial charge in [-0.15, -0.1) is 0 Å². The standard InChI is InChI=1S/C24H25F4N3O/c25-11-13-31-15-20(23(32)30-19-4-2-1-3-5-19)21-17(10-12-29-22(21)31)14-16-6-8-18(9-7-16)24(26,27)28/h6-10,12,15,19H,1-5,11,13-14H2,(H,30,32). The molecule has 1 fully saturated rings. The topological polar surface area (TPSA) is 46.9 Å². The molecule has 0 unspecified atom stereocenters. The zero-order valence-electron chi connectivity index (χ0n) is 17.6. The third-order valence-electron chi connectivity index (χ3n) is 6.03. The highest BCUT2D eigenvalue weighted by atomic mass is 19.4.